The molecule has 2 rings (SSSR count). The van der Waals surface area contributed by atoms with Gasteiger partial charge in [-0.15, -0.1) is 10.2 Å². The largest absolute Gasteiger partial charge is 0.323 e. The third-order valence-corrected chi connectivity index (χ3v) is 3.07. The molecule has 0 aliphatic carbocycles. The standard InChI is InChI=1S/C11H7Cl2N5O/c12-7-2-1-3-8(11(7)13)16-10(19)5-18-6-15-17-9(18)4-14/h1-3,6H,5H2,(H,16,19). The normalized spacial score (nSPS) is 9.95. The molecule has 1 aromatic carbocycles. The first-order valence-electron chi connectivity index (χ1n) is 5.13. The second kappa shape index (κ2) is 5.69. The van der Waals surface area contributed by atoms with E-state index in [2.05, 4.69) is 15.5 Å². The molecule has 1 amide bonds. The topological polar surface area (TPSA) is 83.6 Å². The number of nitrogens with one attached hydrogen (secondary N) is 1. The third kappa shape index (κ3) is 3.02. The molecule has 0 unspecified atom stereocenters. The van der Waals surface area contributed by atoms with Crippen LogP contribution in [0.1, 0.15) is 5.82 Å². The minimum Gasteiger partial charge on any atom is -0.323 e. The zero-order valence-electron chi connectivity index (χ0n) is 9.47. The van der Waals surface area contributed by atoms with Crippen molar-refractivity contribution in [2.24, 2.45) is 0 Å². The molecular formula is C11H7Cl2N5O. The quantitative estimate of drug-likeness (QED) is 0.940. The van der Waals surface area contributed by atoms with Crippen molar-refractivity contribution in [3.8, 4) is 6.07 Å². The van der Waals surface area contributed by atoms with Gasteiger partial charge in [-0.2, -0.15) is 5.26 Å². The summed E-state index contributed by atoms with van der Waals surface area (Å²) in [5, 5.41) is 19.1. The van der Waals surface area contributed by atoms with Gasteiger partial charge in [-0.3, -0.25) is 9.36 Å². The summed E-state index contributed by atoms with van der Waals surface area (Å²) in [6.07, 6.45) is 1.30. The maximum Gasteiger partial charge on any atom is 0.244 e. The SMILES string of the molecule is N#Cc1nncn1CC(=O)Nc1cccc(Cl)c1Cl. The lowest BCUT2D eigenvalue weighted by molar-refractivity contribution is -0.116. The van der Waals surface area contributed by atoms with Gasteiger partial charge in [-0.05, 0) is 12.1 Å². The molecule has 0 aliphatic heterocycles. The monoisotopic (exact) mass is 295 g/mol. The Labute approximate surface area is 118 Å². The van der Waals surface area contributed by atoms with Crippen LogP contribution in [0.15, 0.2) is 24.5 Å². The predicted octanol–water partition coefficient (Wildman–Crippen LogP) is 2.10. The summed E-state index contributed by atoms with van der Waals surface area (Å²) in [6.45, 7) is -0.0846. The van der Waals surface area contributed by atoms with Crippen LogP contribution >= 0.6 is 23.2 Å². The number of hydrogen-bond donors (Lipinski definition) is 1. The number of aromatic nitrogens is 3. The Morgan fingerprint density at radius 2 is 2.26 bits per heavy atom. The van der Waals surface area contributed by atoms with Gasteiger partial charge < -0.3 is 5.32 Å². The van der Waals surface area contributed by atoms with Crippen molar-refractivity contribution < 1.29 is 4.79 Å². The van der Waals surface area contributed by atoms with Crippen LogP contribution in [0.3, 0.4) is 0 Å². The number of nitrogens with zero attached hydrogens (tertiary/aromatic N) is 4. The zero-order chi connectivity index (χ0) is 13.8. The van der Waals surface area contributed by atoms with E-state index in [9.17, 15) is 4.79 Å². The highest BCUT2D eigenvalue weighted by molar-refractivity contribution is 6.43. The average molecular weight is 296 g/mol. The number of amides is 1. The Balaban J connectivity index is 2.10. The summed E-state index contributed by atoms with van der Waals surface area (Å²) in [5.74, 6) is -0.298. The first-order valence-corrected chi connectivity index (χ1v) is 5.89. The van der Waals surface area contributed by atoms with Crippen molar-refractivity contribution in [1.29, 1.82) is 5.26 Å². The molecule has 1 heterocycles. The van der Waals surface area contributed by atoms with Crippen LogP contribution in [0.4, 0.5) is 5.69 Å². The van der Waals surface area contributed by atoms with E-state index in [1.807, 2.05) is 6.07 Å². The lowest BCUT2D eigenvalue weighted by Crippen LogP contribution is -2.19. The van der Waals surface area contributed by atoms with Crippen LogP contribution in [0.5, 0.6) is 0 Å². The van der Waals surface area contributed by atoms with Gasteiger partial charge in [-0.25, -0.2) is 0 Å². The van der Waals surface area contributed by atoms with Crippen LogP contribution in [0.25, 0.3) is 0 Å². The van der Waals surface area contributed by atoms with Crippen molar-refractivity contribution in [3.63, 3.8) is 0 Å². The van der Waals surface area contributed by atoms with Crippen molar-refractivity contribution >= 4 is 34.8 Å². The number of nitriles is 1. The van der Waals surface area contributed by atoms with Crippen LogP contribution in [0.2, 0.25) is 10.0 Å². The van der Waals surface area contributed by atoms with Gasteiger partial charge in [0.1, 0.15) is 18.9 Å². The maximum absolute atomic E-state index is 11.8. The number of benzene rings is 1. The molecule has 0 radical (unpaired) electrons. The molecule has 96 valence electrons. The number of carbonyl (C=O) groups is 1. The van der Waals surface area contributed by atoms with E-state index in [-0.39, 0.29) is 23.3 Å². The highest BCUT2D eigenvalue weighted by atomic mass is 35.5. The van der Waals surface area contributed by atoms with E-state index in [1.54, 1.807) is 18.2 Å². The van der Waals surface area contributed by atoms with Crippen LogP contribution in [0, 0.1) is 11.3 Å². The molecule has 6 nitrogen and oxygen atoms in total. The molecule has 0 spiro atoms. The van der Waals surface area contributed by atoms with Crippen molar-refractivity contribution in [2.45, 2.75) is 6.54 Å². The lowest BCUT2D eigenvalue weighted by Gasteiger charge is -2.08. The smallest absolute Gasteiger partial charge is 0.244 e. The zero-order valence-corrected chi connectivity index (χ0v) is 11.0. The molecular weight excluding hydrogens is 289 g/mol. The van der Waals surface area contributed by atoms with Gasteiger partial charge in [0.25, 0.3) is 0 Å². The van der Waals surface area contributed by atoms with Crippen molar-refractivity contribution in [3.05, 3.63) is 40.4 Å². The Bertz CT molecular complexity index is 661. The van der Waals surface area contributed by atoms with E-state index in [1.165, 1.54) is 10.9 Å². The van der Waals surface area contributed by atoms with E-state index < -0.39 is 0 Å². The van der Waals surface area contributed by atoms with Gasteiger partial charge in [0.05, 0.1) is 15.7 Å². The predicted molar refractivity (Wildman–Crippen MR) is 69.8 cm³/mol. The maximum atomic E-state index is 11.8. The number of rotatable bonds is 3. The first kappa shape index (κ1) is 13.3. The summed E-state index contributed by atoms with van der Waals surface area (Å²) in [7, 11) is 0. The van der Waals surface area contributed by atoms with Gasteiger partial charge >= 0.3 is 0 Å². The third-order valence-electron chi connectivity index (χ3n) is 2.26. The highest BCUT2D eigenvalue weighted by Gasteiger charge is 2.11. The van der Waals surface area contributed by atoms with E-state index in [4.69, 9.17) is 28.5 Å². The van der Waals surface area contributed by atoms with Crippen molar-refractivity contribution in [1.82, 2.24) is 14.8 Å². The fraction of sp³-hybridized carbons (Fsp3) is 0.0909. The number of halogens is 2. The Kier molecular flexibility index (Phi) is 4.00. The van der Waals surface area contributed by atoms with Crippen LogP contribution < -0.4 is 5.32 Å². The fourth-order valence-electron chi connectivity index (χ4n) is 1.40. The van der Waals surface area contributed by atoms with E-state index in [0.717, 1.165) is 0 Å². The average Bonchev–Trinajstić information content (AvgIpc) is 2.82. The molecule has 19 heavy (non-hydrogen) atoms. The molecule has 0 bridgehead atoms. The summed E-state index contributed by atoms with van der Waals surface area (Å²) < 4.78 is 1.33. The summed E-state index contributed by atoms with van der Waals surface area (Å²) in [4.78, 5) is 11.8. The Hall–Kier alpha value is -2.10. The Morgan fingerprint density at radius 3 is 3.00 bits per heavy atom. The minimum atomic E-state index is -0.361. The second-order valence-electron chi connectivity index (χ2n) is 3.54. The molecule has 1 aromatic heterocycles. The van der Waals surface area contributed by atoms with Crippen LogP contribution in [-0.4, -0.2) is 20.7 Å². The molecule has 1 N–H and O–H groups in total. The lowest BCUT2D eigenvalue weighted by atomic mass is 10.3. The molecule has 0 fully saturated rings. The van der Waals surface area contributed by atoms with E-state index >= 15 is 0 Å². The summed E-state index contributed by atoms with van der Waals surface area (Å²) in [6, 6.07) is 6.74. The minimum absolute atomic E-state index is 0.0624. The molecule has 2 aromatic rings. The molecule has 0 atom stereocenters. The fourth-order valence-corrected chi connectivity index (χ4v) is 1.75. The first-order chi connectivity index (χ1) is 9.11. The van der Waals surface area contributed by atoms with Crippen molar-refractivity contribution in [2.75, 3.05) is 5.32 Å². The van der Waals surface area contributed by atoms with Gasteiger partial charge in [-0.1, -0.05) is 29.3 Å². The van der Waals surface area contributed by atoms with Gasteiger partial charge in [0, 0.05) is 0 Å². The highest BCUT2D eigenvalue weighted by Crippen LogP contribution is 2.29. The molecule has 0 aliphatic rings. The molecule has 0 saturated heterocycles. The summed E-state index contributed by atoms with van der Waals surface area (Å²) >= 11 is 11.8. The number of anilines is 1. The Morgan fingerprint density at radius 1 is 1.47 bits per heavy atom. The number of carbonyl (C=O) groups excluding carboxylic acids is 1. The van der Waals surface area contributed by atoms with Gasteiger partial charge in [0.2, 0.25) is 11.7 Å². The van der Waals surface area contributed by atoms with E-state index in [0.29, 0.717) is 10.7 Å². The van der Waals surface area contributed by atoms with Gasteiger partial charge in [0.15, 0.2) is 0 Å². The summed E-state index contributed by atoms with van der Waals surface area (Å²) in [5.41, 5.74) is 0.408. The molecule has 8 heteroatoms. The second-order valence-corrected chi connectivity index (χ2v) is 4.33. The van der Waals surface area contributed by atoms with Crippen LogP contribution in [-0.2, 0) is 11.3 Å². The number of hydrogen-bond acceptors (Lipinski definition) is 4. The molecule has 0 saturated carbocycles.